The summed E-state index contributed by atoms with van der Waals surface area (Å²) in [5.74, 6) is -0.00870. The van der Waals surface area contributed by atoms with Crippen LogP contribution < -0.4 is 5.73 Å². The number of halogens is 1. The first kappa shape index (κ1) is 9.48. The van der Waals surface area contributed by atoms with Crippen LogP contribution in [0.25, 0.3) is 10.4 Å². The van der Waals surface area contributed by atoms with Crippen molar-refractivity contribution in [2.24, 2.45) is 0 Å². The third-order valence-electron chi connectivity index (χ3n) is 1.71. The summed E-state index contributed by atoms with van der Waals surface area (Å²) >= 11 is 4.63. The first-order chi connectivity index (χ1) is 6.66. The van der Waals surface area contributed by atoms with Gasteiger partial charge in [-0.3, -0.25) is 0 Å². The summed E-state index contributed by atoms with van der Waals surface area (Å²) in [5, 5.41) is 9.85. The molecular weight excluding hydrogens is 264 g/mol. The summed E-state index contributed by atoms with van der Waals surface area (Å²) in [5.41, 5.74) is 6.40. The predicted molar refractivity (Wildman–Crippen MR) is 61.3 cm³/mol. The van der Waals surface area contributed by atoms with Gasteiger partial charge in [-0.15, -0.1) is 0 Å². The van der Waals surface area contributed by atoms with E-state index < -0.39 is 0 Å². The molecule has 0 atom stereocenters. The first-order valence-electron chi connectivity index (χ1n) is 3.88. The quantitative estimate of drug-likeness (QED) is 0.838. The number of anilines is 1. The van der Waals surface area contributed by atoms with E-state index >= 15 is 0 Å². The summed E-state index contributed by atoms with van der Waals surface area (Å²) in [7, 11) is 0. The molecule has 3 N–H and O–H groups in total. The Morgan fingerprint density at radius 2 is 2.21 bits per heavy atom. The second kappa shape index (κ2) is 3.59. The molecule has 14 heavy (non-hydrogen) atoms. The Morgan fingerprint density at radius 1 is 1.43 bits per heavy atom. The summed E-state index contributed by atoms with van der Waals surface area (Å²) in [6, 6.07) is 7.63. The third kappa shape index (κ3) is 1.73. The van der Waals surface area contributed by atoms with Crippen molar-refractivity contribution in [3.05, 3.63) is 28.7 Å². The number of nitrogens with two attached hydrogens (primary N) is 1. The Morgan fingerprint density at radius 3 is 2.79 bits per heavy atom. The Labute approximate surface area is 93.4 Å². The van der Waals surface area contributed by atoms with Crippen LogP contribution in [0.4, 0.5) is 5.13 Å². The molecule has 0 radical (unpaired) electrons. The minimum absolute atomic E-state index is 0.00870. The lowest BCUT2D eigenvalue weighted by atomic mass is 10.2. The van der Waals surface area contributed by atoms with E-state index in [1.807, 2.05) is 24.3 Å². The fraction of sp³-hybridized carbons (Fsp3) is 0. The third-order valence-corrected chi connectivity index (χ3v) is 3.13. The fourth-order valence-corrected chi connectivity index (χ4v) is 2.27. The van der Waals surface area contributed by atoms with Crippen LogP contribution >= 0.6 is 27.3 Å². The van der Waals surface area contributed by atoms with Crippen molar-refractivity contribution in [1.29, 1.82) is 0 Å². The highest BCUT2D eigenvalue weighted by atomic mass is 79.9. The normalized spacial score (nSPS) is 10.4. The average molecular weight is 271 g/mol. The zero-order valence-electron chi connectivity index (χ0n) is 7.07. The molecule has 0 amide bonds. The van der Waals surface area contributed by atoms with Crippen molar-refractivity contribution in [3.63, 3.8) is 0 Å². The van der Waals surface area contributed by atoms with Crippen LogP contribution in [0.15, 0.2) is 28.7 Å². The van der Waals surface area contributed by atoms with E-state index in [4.69, 9.17) is 5.73 Å². The smallest absolute Gasteiger partial charge is 0.232 e. The van der Waals surface area contributed by atoms with Gasteiger partial charge in [0.25, 0.3) is 0 Å². The van der Waals surface area contributed by atoms with E-state index in [-0.39, 0.29) is 5.88 Å². The van der Waals surface area contributed by atoms with Crippen LogP contribution in [0, 0.1) is 0 Å². The molecule has 0 aliphatic heterocycles. The fourth-order valence-electron chi connectivity index (χ4n) is 1.15. The van der Waals surface area contributed by atoms with Gasteiger partial charge < -0.3 is 10.8 Å². The van der Waals surface area contributed by atoms with Gasteiger partial charge in [0.05, 0.1) is 4.88 Å². The maximum atomic E-state index is 9.48. The van der Waals surface area contributed by atoms with Crippen molar-refractivity contribution in [3.8, 4) is 16.3 Å². The Bertz CT molecular complexity index is 470. The van der Waals surface area contributed by atoms with Crippen molar-refractivity contribution in [2.45, 2.75) is 0 Å². The zero-order chi connectivity index (χ0) is 10.1. The van der Waals surface area contributed by atoms with E-state index in [1.165, 1.54) is 11.3 Å². The van der Waals surface area contributed by atoms with Gasteiger partial charge in [0.2, 0.25) is 5.88 Å². The van der Waals surface area contributed by atoms with Gasteiger partial charge in [0.15, 0.2) is 5.13 Å². The topological polar surface area (TPSA) is 59.1 Å². The van der Waals surface area contributed by atoms with E-state index in [0.717, 1.165) is 10.0 Å². The lowest BCUT2D eigenvalue weighted by Crippen LogP contribution is -1.78. The monoisotopic (exact) mass is 270 g/mol. The van der Waals surface area contributed by atoms with Crippen molar-refractivity contribution in [2.75, 3.05) is 5.73 Å². The number of hydrogen-bond acceptors (Lipinski definition) is 4. The molecule has 2 aromatic rings. The van der Waals surface area contributed by atoms with Crippen LogP contribution in [0.2, 0.25) is 0 Å². The Kier molecular flexibility index (Phi) is 2.43. The molecule has 0 saturated carbocycles. The molecule has 0 bridgehead atoms. The number of rotatable bonds is 1. The molecule has 1 heterocycles. The lowest BCUT2D eigenvalue weighted by molar-refractivity contribution is 0.460. The van der Waals surface area contributed by atoms with Crippen LogP contribution in [-0.4, -0.2) is 10.1 Å². The van der Waals surface area contributed by atoms with Gasteiger partial charge in [-0.25, -0.2) is 0 Å². The summed E-state index contributed by atoms with van der Waals surface area (Å²) in [4.78, 5) is 4.45. The van der Waals surface area contributed by atoms with Crippen LogP contribution in [0.1, 0.15) is 0 Å². The molecule has 5 heteroatoms. The van der Waals surface area contributed by atoms with Crippen LogP contribution in [-0.2, 0) is 0 Å². The molecular formula is C9H7BrN2OS. The van der Waals surface area contributed by atoms with Gasteiger partial charge >= 0.3 is 0 Å². The largest absolute Gasteiger partial charge is 0.492 e. The molecule has 0 aliphatic carbocycles. The number of benzene rings is 1. The zero-order valence-corrected chi connectivity index (χ0v) is 9.47. The van der Waals surface area contributed by atoms with Crippen LogP contribution in [0.3, 0.4) is 0 Å². The molecule has 0 aliphatic rings. The highest BCUT2D eigenvalue weighted by Crippen LogP contribution is 2.36. The molecule has 0 unspecified atom stereocenters. The van der Waals surface area contributed by atoms with E-state index in [2.05, 4.69) is 20.9 Å². The van der Waals surface area contributed by atoms with Crippen molar-refractivity contribution in [1.82, 2.24) is 4.98 Å². The van der Waals surface area contributed by atoms with Crippen molar-refractivity contribution >= 4 is 32.4 Å². The maximum absolute atomic E-state index is 9.48. The highest BCUT2D eigenvalue weighted by Gasteiger charge is 2.10. The maximum Gasteiger partial charge on any atom is 0.232 e. The minimum atomic E-state index is -0.00870. The molecule has 0 fully saturated rings. The number of nitrogen functional groups attached to an aromatic ring is 1. The Balaban J connectivity index is 2.54. The van der Waals surface area contributed by atoms with Gasteiger partial charge in [0, 0.05) is 4.47 Å². The summed E-state index contributed by atoms with van der Waals surface area (Å²) in [6.45, 7) is 0. The molecule has 1 aromatic carbocycles. The molecule has 1 aromatic heterocycles. The summed E-state index contributed by atoms with van der Waals surface area (Å²) < 4.78 is 0.960. The molecule has 3 nitrogen and oxygen atoms in total. The van der Waals surface area contributed by atoms with E-state index in [9.17, 15) is 5.11 Å². The van der Waals surface area contributed by atoms with Crippen molar-refractivity contribution < 1.29 is 5.11 Å². The molecule has 0 saturated heterocycles. The summed E-state index contributed by atoms with van der Waals surface area (Å²) in [6.07, 6.45) is 0. The number of nitrogens with zero attached hydrogens (tertiary/aromatic N) is 1. The second-order valence-corrected chi connectivity index (χ2v) is 4.66. The SMILES string of the molecule is Nc1nc(O)c(-c2cccc(Br)c2)s1. The predicted octanol–water partition coefficient (Wildman–Crippen LogP) is 2.86. The number of aromatic nitrogens is 1. The lowest BCUT2D eigenvalue weighted by Gasteiger charge is -1.97. The second-order valence-electron chi connectivity index (χ2n) is 2.72. The van der Waals surface area contributed by atoms with E-state index in [0.29, 0.717) is 10.0 Å². The van der Waals surface area contributed by atoms with Gasteiger partial charge in [-0.1, -0.05) is 39.4 Å². The number of aromatic hydroxyl groups is 1. The molecule has 2 rings (SSSR count). The Hall–Kier alpha value is -1.07. The van der Waals surface area contributed by atoms with Gasteiger partial charge in [-0.2, -0.15) is 4.98 Å². The number of thiazole rings is 1. The number of hydrogen-bond donors (Lipinski definition) is 2. The van der Waals surface area contributed by atoms with Gasteiger partial charge in [0.1, 0.15) is 0 Å². The standard InChI is InChI=1S/C9H7BrN2OS/c10-6-3-1-2-5(4-6)7-8(13)12-9(11)14-7/h1-4,13H,(H2,11,12). The molecule has 0 spiro atoms. The first-order valence-corrected chi connectivity index (χ1v) is 5.49. The average Bonchev–Trinajstić information content (AvgIpc) is 2.45. The van der Waals surface area contributed by atoms with E-state index in [1.54, 1.807) is 0 Å². The minimum Gasteiger partial charge on any atom is -0.492 e. The van der Waals surface area contributed by atoms with Gasteiger partial charge in [-0.05, 0) is 17.7 Å². The molecule has 72 valence electrons. The highest BCUT2D eigenvalue weighted by molar-refractivity contribution is 9.10. The van der Waals surface area contributed by atoms with Crippen LogP contribution in [0.5, 0.6) is 5.88 Å².